The van der Waals surface area contributed by atoms with Crippen LogP contribution in [0.5, 0.6) is 0 Å². The highest BCUT2D eigenvalue weighted by Gasteiger charge is 2.10. The Labute approximate surface area is 107 Å². The highest BCUT2D eigenvalue weighted by molar-refractivity contribution is 7.16. The third-order valence-corrected chi connectivity index (χ3v) is 3.51. The molecule has 0 saturated heterocycles. The molecular formula is C13H10FN3S. The van der Waals surface area contributed by atoms with E-state index in [1.807, 2.05) is 18.4 Å². The Bertz CT molecular complexity index is 708. The van der Waals surface area contributed by atoms with Crippen molar-refractivity contribution in [2.75, 3.05) is 0 Å². The number of thiophene rings is 1. The molecule has 3 aromatic heterocycles. The summed E-state index contributed by atoms with van der Waals surface area (Å²) in [6, 6.07) is 3.42. The van der Waals surface area contributed by atoms with Crippen LogP contribution in [0.1, 0.15) is 12.6 Å². The van der Waals surface area contributed by atoms with Gasteiger partial charge < -0.3 is 0 Å². The zero-order valence-corrected chi connectivity index (χ0v) is 10.5. The number of nitrogens with zero attached hydrogens (tertiary/aromatic N) is 3. The van der Waals surface area contributed by atoms with Crippen LogP contribution in [-0.2, 0) is 6.42 Å². The van der Waals surface area contributed by atoms with Gasteiger partial charge in [0.25, 0.3) is 0 Å². The molecule has 0 fully saturated rings. The molecule has 5 heteroatoms. The molecule has 3 rings (SSSR count). The molecule has 18 heavy (non-hydrogen) atoms. The van der Waals surface area contributed by atoms with Crippen LogP contribution in [-0.4, -0.2) is 15.0 Å². The van der Waals surface area contributed by atoms with E-state index < -0.39 is 0 Å². The Morgan fingerprint density at radius 3 is 2.94 bits per heavy atom. The van der Waals surface area contributed by atoms with Gasteiger partial charge in [-0.05, 0) is 23.9 Å². The van der Waals surface area contributed by atoms with Crippen LogP contribution in [0.15, 0.2) is 29.9 Å². The second-order valence-corrected chi connectivity index (χ2v) is 4.77. The van der Waals surface area contributed by atoms with Crippen LogP contribution in [0.4, 0.5) is 4.39 Å². The average Bonchev–Trinajstić information content (AvgIpc) is 2.85. The molecule has 0 saturated carbocycles. The summed E-state index contributed by atoms with van der Waals surface area (Å²) in [6.07, 6.45) is 3.58. The molecule has 0 radical (unpaired) electrons. The summed E-state index contributed by atoms with van der Waals surface area (Å²) in [6.45, 7) is 2.05. The summed E-state index contributed by atoms with van der Waals surface area (Å²) in [5, 5.41) is 3.07. The summed E-state index contributed by atoms with van der Waals surface area (Å²) in [4.78, 5) is 13.7. The maximum atomic E-state index is 13.2. The van der Waals surface area contributed by atoms with Crippen molar-refractivity contribution >= 4 is 21.6 Å². The van der Waals surface area contributed by atoms with Gasteiger partial charge in [0, 0.05) is 17.1 Å². The van der Waals surface area contributed by atoms with Crippen LogP contribution >= 0.6 is 11.3 Å². The van der Waals surface area contributed by atoms with Crippen LogP contribution in [0, 0.1) is 5.82 Å². The van der Waals surface area contributed by atoms with Crippen molar-refractivity contribution in [3.8, 4) is 11.4 Å². The number of pyridine rings is 1. The highest BCUT2D eigenvalue weighted by atomic mass is 32.1. The van der Waals surface area contributed by atoms with Crippen LogP contribution in [0.25, 0.3) is 21.6 Å². The molecule has 0 bridgehead atoms. The number of fused-ring (bicyclic) bond motifs is 1. The minimum atomic E-state index is -0.375. The van der Waals surface area contributed by atoms with E-state index in [1.165, 1.54) is 12.3 Å². The molecule has 3 aromatic rings. The molecule has 0 N–H and O–H groups in total. The molecule has 0 unspecified atom stereocenters. The minimum Gasteiger partial charge on any atom is -0.261 e. The number of rotatable bonds is 2. The van der Waals surface area contributed by atoms with Gasteiger partial charge in [-0.3, -0.25) is 4.98 Å². The number of hydrogen-bond acceptors (Lipinski definition) is 4. The van der Waals surface area contributed by atoms with E-state index in [4.69, 9.17) is 0 Å². The molecule has 3 heterocycles. The second-order valence-electron chi connectivity index (χ2n) is 3.88. The van der Waals surface area contributed by atoms with Gasteiger partial charge in [-0.1, -0.05) is 6.92 Å². The Morgan fingerprint density at radius 2 is 2.17 bits per heavy atom. The zero-order chi connectivity index (χ0) is 12.5. The summed E-state index contributed by atoms with van der Waals surface area (Å²) in [5.74, 6) is 0.161. The minimum absolute atomic E-state index is 0.375. The smallest absolute Gasteiger partial charge is 0.162 e. The SMILES string of the molecule is CCc1nc(-c2cncc(F)c2)nc2sccc12. The predicted molar refractivity (Wildman–Crippen MR) is 70.0 cm³/mol. The number of halogens is 1. The van der Waals surface area contributed by atoms with E-state index >= 15 is 0 Å². The Kier molecular flexibility index (Phi) is 2.76. The lowest BCUT2D eigenvalue weighted by atomic mass is 10.2. The molecule has 0 spiro atoms. The normalized spacial score (nSPS) is 11.0. The number of aromatic nitrogens is 3. The predicted octanol–water partition coefficient (Wildman–Crippen LogP) is 3.45. The van der Waals surface area contributed by atoms with Crippen molar-refractivity contribution in [1.82, 2.24) is 15.0 Å². The molecule has 0 atom stereocenters. The lowest BCUT2D eigenvalue weighted by Crippen LogP contribution is -1.96. The topological polar surface area (TPSA) is 38.7 Å². The van der Waals surface area contributed by atoms with Gasteiger partial charge >= 0.3 is 0 Å². The van der Waals surface area contributed by atoms with Crippen molar-refractivity contribution in [3.05, 3.63) is 41.4 Å². The van der Waals surface area contributed by atoms with E-state index in [2.05, 4.69) is 15.0 Å². The zero-order valence-electron chi connectivity index (χ0n) is 9.72. The van der Waals surface area contributed by atoms with E-state index in [9.17, 15) is 4.39 Å². The molecule has 0 amide bonds. The standard InChI is InChI=1S/C13H10FN3S/c1-2-11-10-3-4-18-13(10)17-12(16-11)8-5-9(14)7-15-6-8/h3-7H,2H2,1H3. The first kappa shape index (κ1) is 11.2. The molecular weight excluding hydrogens is 249 g/mol. The maximum absolute atomic E-state index is 13.2. The fraction of sp³-hybridized carbons (Fsp3) is 0.154. The molecule has 3 nitrogen and oxygen atoms in total. The summed E-state index contributed by atoms with van der Waals surface area (Å²) in [5.41, 5.74) is 1.60. The fourth-order valence-corrected chi connectivity index (χ4v) is 2.63. The van der Waals surface area contributed by atoms with Crippen LogP contribution < -0.4 is 0 Å². The monoisotopic (exact) mass is 259 g/mol. The largest absolute Gasteiger partial charge is 0.261 e. The third-order valence-electron chi connectivity index (χ3n) is 2.70. The van der Waals surface area contributed by atoms with Crippen LogP contribution in [0.3, 0.4) is 0 Å². The average molecular weight is 259 g/mol. The Hall–Kier alpha value is -1.88. The van der Waals surface area contributed by atoms with Crippen molar-refractivity contribution in [1.29, 1.82) is 0 Å². The third kappa shape index (κ3) is 1.86. The summed E-state index contributed by atoms with van der Waals surface area (Å²) < 4.78 is 13.2. The van der Waals surface area contributed by atoms with Gasteiger partial charge in [0.2, 0.25) is 0 Å². The van der Waals surface area contributed by atoms with Crippen molar-refractivity contribution in [2.45, 2.75) is 13.3 Å². The Morgan fingerprint density at radius 1 is 1.28 bits per heavy atom. The second kappa shape index (κ2) is 4.42. The molecule has 0 aliphatic heterocycles. The van der Waals surface area contributed by atoms with Gasteiger partial charge in [0.05, 0.1) is 11.9 Å². The first-order valence-corrected chi connectivity index (χ1v) is 6.51. The van der Waals surface area contributed by atoms with E-state index in [1.54, 1.807) is 17.5 Å². The van der Waals surface area contributed by atoms with E-state index in [0.29, 0.717) is 11.4 Å². The van der Waals surface area contributed by atoms with Gasteiger partial charge in [-0.2, -0.15) is 0 Å². The Balaban J connectivity index is 2.23. The lowest BCUT2D eigenvalue weighted by molar-refractivity contribution is 0.622. The van der Waals surface area contributed by atoms with Gasteiger partial charge in [-0.15, -0.1) is 11.3 Å². The first-order valence-electron chi connectivity index (χ1n) is 5.63. The van der Waals surface area contributed by atoms with E-state index in [0.717, 1.165) is 22.3 Å². The highest BCUT2D eigenvalue weighted by Crippen LogP contribution is 2.25. The molecule has 90 valence electrons. The number of hydrogen-bond donors (Lipinski definition) is 0. The number of aryl methyl sites for hydroxylation is 1. The summed E-state index contributed by atoms with van der Waals surface area (Å²) in [7, 11) is 0. The van der Waals surface area contributed by atoms with Gasteiger partial charge in [0.15, 0.2) is 5.82 Å². The van der Waals surface area contributed by atoms with E-state index in [-0.39, 0.29) is 5.82 Å². The van der Waals surface area contributed by atoms with Crippen LogP contribution in [0.2, 0.25) is 0 Å². The quantitative estimate of drug-likeness (QED) is 0.707. The van der Waals surface area contributed by atoms with Gasteiger partial charge in [-0.25, -0.2) is 14.4 Å². The van der Waals surface area contributed by atoms with Crippen molar-refractivity contribution < 1.29 is 4.39 Å². The molecule has 0 aliphatic rings. The summed E-state index contributed by atoms with van der Waals surface area (Å²) >= 11 is 1.56. The first-order chi connectivity index (χ1) is 8.78. The van der Waals surface area contributed by atoms with Crippen molar-refractivity contribution in [2.24, 2.45) is 0 Å². The molecule has 0 aromatic carbocycles. The van der Waals surface area contributed by atoms with Crippen molar-refractivity contribution in [3.63, 3.8) is 0 Å². The molecule has 0 aliphatic carbocycles. The maximum Gasteiger partial charge on any atom is 0.162 e. The lowest BCUT2D eigenvalue weighted by Gasteiger charge is -2.04. The van der Waals surface area contributed by atoms with Gasteiger partial charge in [0.1, 0.15) is 10.6 Å². The fourth-order valence-electron chi connectivity index (χ4n) is 1.85.